The second-order valence-corrected chi connectivity index (χ2v) is 6.17. The zero-order valence-corrected chi connectivity index (χ0v) is 17.9. The number of hydrogen-bond acceptors (Lipinski definition) is 2. The van der Waals surface area contributed by atoms with Crippen LogP contribution in [0.15, 0.2) is 97.3 Å². The Kier molecular flexibility index (Phi) is 8.06. The third-order valence-corrected chi connectivity index (χ3v) is 3.97. The van der Waals surface area contributed by atoms with E-state index in [1.807, 2.05) is 60.9 Å². The maximum absolute atomic E-state index is 4.31. The van der Waals surface area contributed by atoms with E-state index in [0.29, 0.717) is 0 Å². The largest absolute Gasteiger partial charge is 0.256 e. The molecule has 2 nitrogen and oxygen atoms in total. The molecule has 0 saturated heterocycles. The van der Waals surface area contributed by atoms with Gasteiger partial charge in [0.2, 0.25) is 0 Å². The van der Waals surface area contributed by atoms with E-state index < -0.39 is 0 Å². The minimum absolute atomic E-state index is 0. The summed E-state index contributed by atoms with van der Waals surface area (Å²) in [4.78, 5) is 8.62. The zero-order chi connectivity index (χ0) is 18.2. The molecule has 0 saturated carbocycles. The topological polar surface area (TPSA) is 25.8 Å². The molecule has 0 bridgehead atoms. The Labute approximate surface area is 174 Å². The first-order chi connectivity index (χ1) is 12.7. The van der Waals surface area contributed by atoms with E-state index in [0.717, 1.165) is 11.4 Å². The second-order valence-electron chi connectivity index (χ2n) is 6.17. The molecule has 0 spiro atoms. The van der Waals surface area contributed by atoms with E-state index in [1.54, 1.807) is 0 Å². The van der Waals surface area contributed by atoms with Gasteiger partial charge >= 0.3 is 0 Å². The molecule has 27 heavy (non-hydrogen) atoms. The molecular weight excluding hydrogens is 508 g/mol. The fourth-order valence-electron chi connectivity index (χ4n) is 2.61. The Balaban J connectivity index is 0.000000187. The molecule has 2 heterocycles. The predicted molar refractivity (Wildman–Crippen MR) is 109 cm³/mol. The van der Waals surface area contributed by atoms with Crippen LogP contribution in [0.25, 0.3) is 22.5 Å². The fourth-order valence-corrected chi connectivity index (χ4v) is 2.61. The average Bonchev–Trinajstić information content (AvgIpc) is 2.70. The van der Waals surface area contributed by atoms with Crippen LogP contribution in [0.1, 0.15) is 11.1 Å². The van der Waals surface area contributed by atoms with Crippen LogP contribution in [0.3, 0.4) is 0 Å². The molecular formula is C24H22IrN2. The molecule has 3 heteroatoms. The van der Waals surface area contributed by atoms with E-state index in [-0.39, 0.29) is 20.1 Å². The Morgan fingerprint density at radius 2 is 0.889 bits per heavy atom. The van der Waals surface area contributed by atoms with Gasteiger partial charge in [0.25, 0.3) is 0 Å². The quantitative estimate of drug-likeness (QED) is 0.313. The molecule has 0 N–H and O–H groups in total. The summed E-state index contributed by atoms with van der Waals surface area (Å²) in [7, 11) is 0. The number of aryl methyl sites for hydroxylation is 2. The second kappa shape index (κ2) is 10.5. The molecule has 2 aromatic heterocycles. The summed E-state index contributed by atoms with van der Waals surface area (Å²) in [5.74, 6) is 0. The third-order valence-electron chi connectivity index (χ3n) is 3.97. The molecule has 1 radical (unpaired) electrons. The first kappa shape index (κ1) is 20.7. The maximum atomic E-state index is 4.31. The third kappa shape index (κ3) is 6.25. The van der Waals surface area contributed by atoms with Gasteiger partial charge in [0.1, 0.15) is 0 Å². The first-order valence-electron chi connectivity index (χ1n) is 8.68. The molecule has 2 aromatic carbocycles. The van der Waals surface area contributed by atoms with Gasteiger partial charge in [-0.1, -0.05) is 60.7 Å². The van der Waals surface area contributed by atoms with E-state index in [1.165, 1.54) is 22.3 Å². The summed E-state index contributed by atoms with van der Waals surface area (Å²) >= 11 is 0. The molecule has 0 atom stereocenters. The van der Waals surface area contributed by atoms with E-state index in [9.17, 15) is 0 Å². The van der Waals surface area contributed by atoms with Gasteiger partial charge < -0.3 is 0 Å². The van der Waals surface area contributed by atoms with Crippen LogP contribution in [-0.2, 0) is 20.1 Å². The standard InChI is InChI=1S/2C12H11N.Ir/c2*1-10-7-8-13-12(9-10)11-5-3-2-4-6-11;/h2*2-9H,1H3;. The Hall–Kier alpha value is -2.61. The molecule has 0 amide bonds. The van der Waals surface area contributed by atoms with Gasteiger partial charge in [-0.2, -0.15) is 0 Å². The molecule has 4 aromatic rings. The summed E-state index contributed by atoms with van der Waals surface area (Å²) in [6.07, 6.45) is 3.69. The summed E-state index contributed by atoms with van der Waals surface area (Å²) in [5, 5.41) is 0. The van der Waals surface area contributed by atoms with Crippen LogP contribution in [0, 0.1) is 13.8 Å². The van der Waals surface area contributed by atoms with E-state index in [4.69, 9.17) is 0 Å². The van der Waals surface area contributed by atoms with Crippen molar-refractivity contribution < 1.29 is 20.1 Å². The SMILES string of the molecule is Cc1ccnc(-c2ccccc2)c1.Cc1ccnc(-c2ccccc2)c1.[Ir]. The van der Waals surface area contributed by atoms with Gasteiger partial charge in [-0.25, -0.2) is 0 Å². The van der Waals surface area contributed by atoms with Crippen LogP contribution >= 0.6 is 0 Å². The Morgan fingerprint density at radius 1 is 0.519 bits per heavy atom. The normalized spacial score (nSPS) is 9.56. The number of hydrogen-bond donors (Lipinski definition) is 0. The molecule has 0 aliphatic carbocycles. The van der Waals surface area contributed by atoms with Crippen molar-refractivity contribution in [2.24, 2.45) is 0 Å². The van der Waals surface area contributed by atoms with Gasteiger partial charge in [0, 0.05) is 43.6 Å². The van der Waals surface area contributed by atoms with Crippen molar-refractivity contribution in [1.29, 1.82) is 0 Å². The maximum Gasteiger partial charge on any atom is 0.0704 e. The molecule has 0 unspecified atom stereocenters. The van der Waals surface area contributed by atoms with Crippen LogP contribution < -0.4 is 0 Å². The number of pyridine rings is 2. The van der Waals surface area contributed by atoms with E-state index in [2.05, 4.69) is 60.2 Å². The smallest absolute Gasteiger partial charge is 0.0704 e. The van der Waals surface area contributed by atoms with Crippen molar-refractivity contribution in [3.63, 3.8) is 0 Å². The van der Waals surface area contributed by atoms with Crippen molar-refractivity contribution in [2.45, 2.75) is 13.8 Å². The molecule has 137 valence electrons. The molecule has 0 fully saturated rings. The number of rotatable bonds is 2. The van der Waals surface area contributed by atoms with Gasteiger partial charge in [0.05, 0.1) is 11.4 Å². The molecule has 4 rings (SSSR count). The van der Waals surface area contributed by atoms with Gasteiger partial charge in [-0.15, -0.1) is 0 Å². The summed E-state index contributed by atoms with van der Waals surface area (Å²) in [5.41, 5.74) is 6.92. The van der Waals surface area contributed by atoms with Crippen LogP contribution in [0.5, 0.6) is 0 Å². The summed E-state index contributed by atoms with van der Waals surface area (Å²) < 4.78 is 0. The van der Waals surface area contributed by atoms with Crippen molar-refractivity contribution in [3.8, 4) is 22.5 Å². The average molecular weight is 531 g/mol. The minimum Gasteiger partial charge on any atom is -0.256 e. The van der Waals surface area contributed by atoms with Crippen LogP contribution in [0.4, 0.5) is 0 Å². The van der Waals surface area contributed by atoms with E-state index >= 15 is 0 Å². The van der Waals surface area contributed by atoms with Gasteiger partial charge in [-0.05, 0) is 49.2 Å². The van der Waals surface area contributed by atoms with Crippen LogP contribution in [-0.4, -0.2) is 9.97 Å². The minimum atomic E-state index is 0. The molecule has 0 aliphatic rings. The Bertz CT molecular complexity index is 873. The summed E-state index contributed by atoms with van der Waals surface area (Å²) in [6, 6.07) is 28.6. The number of aromatic nitrogens is 2. The zero-order valence-electron chi connectivity index (χ0n) is 15.5. The van der Waals surface area contributed by atoms with Crippen molar-refractivity contribution in [3.05, 3.63) is 108 Å². The first-order valence-corrected chi connectivity index (χ1v) is 8.68. The van der Waals surface area contributed by atoms with Crippen molar-refractivity contribution >= 4 is 0 Å². The fraction of sp³-hybridized carbons (Fsp3) is 0.0833. The van der Waals surface area contributed by atoms with Crippen molar-refractivity contribution in [2.75, 3.05) is 0 Å². The van der Waals surface area contributed by atoms with Crippen LogP contribution in [0.2, 0.25) is 0 Å². The summed E-state index contributed by atoms with van der Waals surface area (Å²) in [6.45, 7) is 4.16. The predicted octanol–water partition coefficient (Wildman–Crippen LogP) is 6.11. The number of nitrogens with zero attached hydrogens (tertiary/aromatic N) is 2. The monoisotopic (exact) mass is 531 g/mol. The van der Waals surface area contributed by atoms with Gasteiger partial charge in [0.15, 0.2) is 0 Å². The van der Waals surface area contributed by atoms with Crippen molar-refractivity contribution in [1.82, 2.24) is 9.97 Å². The molecule has 0 aliphatic heterocycles. The van der Waals surface area contributed by atoms with Gasteiger partial charge in [-0.3, -0.25) is 9.97 Å². The number of benzene rings is 2. The Morgan fingerprint density at radius 3 is 1.22 bits per heavy atom.